The van der Waals surface area contributed by atoms with E-state index in [1.807, 2.05) is 24.3 Å². The standard InChI is InChI=1S/C27H21ClN4O5/c1-36-25-14-18(4-8-24(25)32(34)35)17-3-6-20-22(13-17)30-21-7-2-16(12-23(21)31-27(20)33)10-11-37-19-5-9-26(28)29-15-19/h2-9,12-15,30H,10-11H2,1H3,(H,31,33). The van der Waals surface area contributed by atoms with Crippen LogP contribution in [0.25, 0.3) is 11.1 Å². The van der Waals surface area contributed by atoms with Crippen LogP contribution in [0.3, 0.4) is 0 Å². The molecule has 2 N–H and O–H groups in total. The Bertz CT molecular complexity index is 1510. The third-order valence-corrected chi connectivity index (χ3v) is 6.16. The summed E-state index contributed by atoms with van der Waals surface area (Å²) in [6, 6.07) is 19.3. The van der Waals surface area contributed by atoms with Gasteiger partial charge in [-0.3, -0.25) is 14.9 Å². The molecule has 0 aliphatic carbocycles. The second kappa shape index (κ2) is 10.2. The molecule has 0 radical (unpaired) electrons. The molecule has 0 atom stereocenters. The van der Waals surface area contributed by atoms with Gasteiger partial charge < -0.3 is 20.1 Å². The molecular weight excluding hydrogens is 496 g/mol. The van der Waals surface area contributed by atoms with E-state index >= 15 is 0 Å². The van der Waals surface area contributed by atoms with E-state index in [0.717, 1.165) is 22.4 Å². The topological polar surface area (TPSA) is 116 Å². The SMILES string of the molecule is COc1cc(-c2ccc3c(c2)Nc2ccc(CCOc4ccc(Cl)nc4)cc2NC3=O)ccc1[N+](=O)[O-]. The normalized spacial score (nSPS) is 11.9. The number of pyridine rings is 1. The van der Waals surface area contributed by atoms with Crippen molar-refractivity contribution in [2.45, 2.75) is 6.42 Å². The first-order valence-electron chi connectivity index (χ1n) is 11.3. The van der Waals surface area contributed by atoms with E-state index in [1.54, 1.807) is 42.6 Å². The average Bonchev–Trinajstić information content (AvgIpc) is 3.04. The number of nitrogens with one attached hydrogen (secondary N) is 2. The summed E-state index contributed by atoms with van der Waals surface area (Å²) < 4.78 is 10.9. The molecule has 9 nitrogen and oxygen atoms in total. The monoisotopic (exact) mass is 516 g/mol. The molecular formula is C27H21ClN4O5. The quantitative estimate of drug-likeness (QED) is 0.169. The minimum atomic E-state index is -0.488. The number of halogens is 1. The number of rotatable bonds is 7. The molecule has 0 unspecified atom stereocenters. The number of nitro benzene ring substituents is 1. The second-order valence-electron chi connectivity index (χ2n) is 8.28. The number of hydrogen-bond donors (Lipinski definition) is 2. The third-order valence-electron chi connectivity index (χ3n) is 5.94. The lowest BCUT2D eigenvalue weighted by Crippen LogP contribution is -2.11. The van der Waals surface area contributed by atoms with Gasteiger partial charge in [0.25, 0.3) is 5.91 Å². The first-order chi connectivity index (χ1) is 17.9. The van der Waals surface area contributed by atoms with Crippen LogP contribution in [0.15, 0.2) is 72.9 Å². The number of ether oxygens (including phenoxy) is 2. The van der Waals surface area contributed by atoms with Crippen molar-refractivity contribution in [1.29, 1.82) is 0 Å². The van der Waals surface area contributed by atoms with Gasteiger partial charge in [-0.15, -0.1) is 0 Å². The van der Waals surface area contributed by atoms with E-state index < -0.39 is 4.92 Å². The summed E-state index contributed by atoms with van der Waals surface area (Å²) in [4.78, 5) is 27.7. The molecule has 1 aromatic heterocycles. The Morgan fingerprint density at radius 1 is 0.946 bits per heavy atom. The number of nitro groups is 1. The Morgan fingerprint density at radius 2 is 1.76 bits per heavy atom. The molecule has 37 heavy (non-hydrogen) atoms. The summed E-state index contributed by atoms with van der Waals surface area (Å²) in [6.07, 6.45) is 2.20. The zero-order valence-corrected chi connectivity index (χ0v) is 20.4. The number of anilines is 3. The van der Waals surface area contributed by atoms with Crippen molar-refractivity contribution in [1.82, 2.24) is 4.98 Å². The van der Waals surface area contributed by atoms with Gasteiger partial charge >= 0.3 is 5.69 Å². The van der Waals surface area contributed by atoms with Crippen molar-refractivity contribution in [2.24, 2.45) is 0 Å². The summed E-state index contributed by atoms with van der Waals surface area (Å²) in [5.74, 6) is 0.554. The number of amides is 1. The van der Waals surface area contributed by atoms with Gasteiger partial charge in [-0.05, 0) is 65.2 Å². The second-order valence-corrected chi connectivity index (χ2v) is 8.67. The predicted molar refractivity (Wildman–Crippen MR) is 141 cm³/mol. The first-order valence-corrected chi connectivity index (χ1v) is 11.7. The van der Waals surface area contributed by atoms with Gasteiger partial charge in [-0.2, -0.15) is 0 Å². The summed E-state index contributed by atoms with van der Waals surface area (Å²) in [5, 5.41) is 17.9. The maximum absolute atomic E-state index is 13.0. The Morgan fingerprint density at radius 3 is 2.51 bits per heavy atom. The van der Waals surface area contributed by atoms with Crippen LogP contribution >= 0.6 is 11.6 Å². The van der Waals surface area contributed by atoms with E-state index in [1.165, 1.54) is 13.2 Å². The van der Waals surface area contributed by atoms with Crippen molar-refractivity contribution >= 4 is 40.3 Å². The average molecular weight is 517 g/mol. The van der Waals surface area contributed by atoms with Crippen LogP contribution < -0.4 is 20.1 Å². The number of benzene rings is 3. The highest BCUT2D eigenvalue weighted by Crippen LogP contribution is 2.37. The largest absolute Gasteiger partial charge is 0.492 e. The Balaban J connectivity index is 1.36. The minimum absolute atomic E-state index is 0.113. The van der Waals surface area contributed by atoms with Crippen molar-refractivity contribution in [3.05, 3.63) is 99.3 Å². The molecule has 0 bridgehead atoms. The van der Waals surface area contributed by atoms with Crippen molar-refractivity contribution in [2.75, 3.05) is 24.4 Å². The third kappa shape index (κ3) is 5.17. The Labute approximate surface area is 217 Å². The maximum Gasteiger partial charge on any atom is 0.310 e. The molecule has 0 saturated carbocycles. The van der Waals surface area contributed by atoms with E-state index in [4.69, 9.17) is 21.1 Å². The molecule has 3 aromatic carbocycles. The van der Waals surface area contributed by atoms with Crippen LogP contribution in [0.2, 0.25) is 5.15 Å². The number of aromatic nitrogens is 1. The molecule has 186 valence electrons. The molecule has 0 saturated heterocycles. The summed E-state index contributed by atoms with van der Waals surface area (Å²) in [5.41, 5.74) is 4.89. The molecule has 2 heterocycles. The van der Waals surface area contributed by atoms with Crippen LogP contribution in [-0.4, -0.2) is 29.5 Å². The van der Waals surface area contributed by atoms with Gasteiger partial charge in [0, 0.05) is 12.5 Å². The van der Waals surface area contributed by atoms with Crippen molar-refractivity contribution in [3.8, 4) is 22.6 Å². The van der Waals surface area contributed by atoms with Gasteiger partial charge in [0.2, 0.25) is 0 Å². The number of carbonyl (C=O) groups excluding carboxylic acids is 1. The molecule has 5 rings (SSSR count). The van der Waals surface area contributed by atoms with Gasteiger partial charge in [-0.25, -0.2) is 4.98 Å². The Hall–Kier alpha value is -4.63. The molecule has 1 aliphatic heterocycles. The Kier molecular flexibility index (Phi) is 6.61. The van der Waals surface area contributed by atoms with Crippen LogP contribution in [0.4, 0.5) is 22.7 Å². The highest BCUT2D eigenvalue weighted by molar-refractivity contribution is 6.29. The zero-order chi connectivity index (χ0) is 25.9. The van der Waals surface area contributed by atoms with Crippen molar-refractivity contribution in [3.63, 3.8) is 0 Å². The van der Waals surface area contributed by atoms with Gasteiger partial charge in [0.15, 0.2) is 5.75 Å². The van der Waals surface area contributed by atoms with E-state index in [9.17, 15) is 14.9 Å². The molecule has 0 fully saturated rings. The molecule has 1 amide bonds. The molecule has 0 spiro atoms. The number of fused-ring (bicyclic) bond motifs is 2. The van der Waals surface area contributed by atoms with Crippen LogP contribution in [0.1, 0.15) is 15.9 Å². The molecule has 10 heteroatoms. The fourth-order valence-corrected chi connectivity index (χ4v) is 4.17. The summed E-state index contributed by atoms with van der Waals surface area (Å²) in [6.45, 7) is 0.436. The first kappa shape index (κ1) is 24.1. The lowest BCUT2D eigenvalue weighted by molar-refractivity contribution is -0.385. The van der Waals surface area contributed by atoms with Crippen LogP contribution in [-0.2, 0) is 6.42 Å². The highest BCUT2D eigenvalue weighted by atomic mass is 35.5. The van der Waals surface area contributed by atoms with Gasteiger partial charge in [-0.1, -0.05) is 23.7 Å². The molecule has 4 aromatic rings. The van der Waals surface area contributed by atoms with Gasteiger partial charge in [0.05, 0.1) is 47.5 Å². The van der Waals surface area contributed by atoms with Crippen LogP contribution in [0.5, 0.6) is 11.5 Å². The number of methoxy groups -OCH3 is 1. The molecule has 1 aliphatic rings. The zero-order valence-electron chi connectivity index (χ0n) is 19.7. The van der Waals surface area contributed by atoms with Gasteiger partial charge in [0.1, 0.15) is 10.9 Å². The fourth-order valence-electron chi connectivity index (χ4n) is 4.06. The summed E-state index contributed by atoms with van der Waals surface area (Å²) >= 11 is 5.80. The lowest BCUT2D eigenvalue weighted by Gasteiger charge is -2.12. The fraction of sp³-hybridized carbons (Fsp3) is 0.111. The smallest absolute Gasteiger partial charge is 0.310 e. The number of hydrogen-bond acceptors (Lipinski definition) is 7. The predicted octanol–water partition coefficient (Wildman–Crippen LogP) is 6.25. The minimum Gasteiger partial charge on any atom is -0.492 e. The van der Waals surface area contributed by atoms with Crippen LogP contribution in [0, 0.1) is 10.1 Å². The lowest BCUT2D eigenvalue weighted by atomic mass is 10.0. The van der Waals surface area contributed by atoms with E-state index in [2.05, 4.69) is 15.6 Å². The highest BCUT2D eigenvalue weighted by Gasteiger charge is 2.21. The summed E-state index contributed by atoms with van der Waals surface area (Å²) in [7, 11) is 1.39. The van der Waals surface area contributed by atoms with E-state index in [-0.39, 0.29) is 17.3 Å². The number of nitrogens with zero attached hydrogens (tertiary/aromatic N) is 2. The van der Waals surface area contributed by atoms with Crippen molar-refractivity contribution < 1.29 is 19.2 Å². The maximum atomic E-state index is 13.0. The van der Waals surface area contributed by atoms with E-state index in [0.29, 0.717) is 40.9 Å². The number of carbonyl (C=O) groups is 1.